The van der Waals surface area contributed by atoms with Gasteiger partial charge in [-0.15, -0.1) is 11.6 Å². The zero-order valence-corrected chi connectivity index (χ0v) is 13.9. The summed E-state index contributed by atoms with van der Waals surface area (Å²) in [7, 11) is 0. The molecule has 0 aliphatic heterocycles. The lowest BCUT2D eigenvalue weighted by molar-refractivity contribution is 0.105. The predicted molar refractivity (Wildman–Crippen MR) is 87.0 cm³/mol. The van der Waals surface area contributed by atoms with Gasteiger partial charge in [-0.1, -0.05) is 13.8 Å². The molecule has 0 aliphatic carbocycles. The van der Waals surface area contributed by atoms with E-state index in [1.807, 2.05) is 13.1 Å². The molecule has 0 fully saturated rings. The molecule has 2 rings (SSSR count). The van der Waals surface area contributed by atoms with Gasteiger partial charge in [0.1, 0.15) is 11.3 Å². The van der Waals surface area contributed by atoms with E-state index in [1.54, 1.807) is 0 Å². The minimum Gasteiger partial charge on any atom is -0.381 e. The van der Waals surface area contributed by atoms with Gasteiger partial charge in [-0.3, -0.25) is 0 Å². The zero-order chi connectivity index (χ0) is 15.2. The Morgan fingerprint density at radius 2 is 2.19 bits per heavy atom. The molecule has 0 saturated carbocycles. The van der Waals surface area contributed by atoms with E-state index in [9.17, 15) is 0 Å². The number of imidazole rings is 1. The summed E-state index contributed by atoms with van der Waals surface area (Å²) in [6.45, 7) is 8.81. The largest absolute Gasteiger partial charge is 0.381 e. The second kappa shape index (κ2) is 7.76. The van der Waals surface area contributed by atoms with Crippen LogP contribution in [0.1, 0.15) is 31.7 Å². The van der Waals surface area contributed by atoms with Gasteiger partial charge in [-0.05, 0) is 30.9 Å². The van der Waals surface area contributed by atoms with E-state index in [2.05, 4.69) is 34.4 Å². The molecular formula is C16H24ClN3O. The maximum atomic E-state index is 5.89. The topological polar surface area (TPSA) is 39.9 Å². The summed E-state index contributed by atoms with van der Waals surface area (Å²) in [6, 6.07) is 2.08. The van der Waals surface area contributed by atoms with Gasteiger partial charge in [0.05, 0.1) is 0 Å². The molecule has 2 aromatic heterocycles. The van der Waals surface area contributed by atoms with Crippen molar-refractivity contribution >= 4 is 22.8 Å². The molecule has 2 aromatic rings. The standard InChI is InChI=1S/C16H24ClN3O/c1-12(2)11-21-8-4-7-20-15(5-6-17)19-14-9-13(3)10-18-16(14)20/h9-10,12H,4-8,11H2,1-3H3. The van der Waals surface area contributed by atoms with Gasteiger partial charge in [0.2, 0.25) is 0 Å². The van der Waals surface area contributed by atoms with Crippen molar-refractivity contribution in [1.82, 2.24) is 14.5 Å². The van der Waals surface area contributed by atoms with Crippen molar-refractivity contribution in [3.8, 4) is 0 Å². The van der Waals surface area contributed by atoms with E-state index in [4.69, 9.17) is 16.3 Å². The van der Waals surface area contributed by atoms with Crippen LogP contribution in [0.3, 0.4) is 0 Å². The van der Waals surface area contributed by atoms with Crippen molar-refractivity contribution < 1.29 is 4.74 Å². The fourth-order valence-electron chi connectivity index (χ4n) is 2.31. The first-order valence-corrected chi connectivity index (χ1v) is 8.10. The SMILES string of the molecule is Cc1cnc2c(c1)nc(CCCl)n2CCCOCC(C)C. The third-order valence-electron chi connectivity index (χ3n) is 3.24. The van der Waals surface area contributed by atoms with Crippen LogP contribution in [0.25, 0.3) is 11.2 Å². The van der Waals surface area contributed by atoms with E-state index >= 15 is 0 Å². The van der Waals surface area contributed by atoms with Crippen LogP contribution < -0.4 is 0 Å². The van der Waals surface area contributed by atoms with Crippen molar-refractivity contribution in [1.29, 1.82) is 0 Å². The Morgan fingerprint density at radius 1 is 1.38 bits per heavy atom. The molecule has 0 amide bonds. The van der Waals surface area contributed by atoms with E-state index < -0.39 is 0 Å². The minimum atomic E-state index is 0.576. The molecule has 0 N–H and O–H groups in total. The van der Waals surface area contributed by atoms with E-state index in [-0.39, 0.29) is 0 Å². The van der Waals surface area contributed by atoms with Crippen molar-refractivity contribution in [3.05, 3.63) is 23.7 Å². The molecule has 4 nitrogen and oxygen atoms in total. The molecule has 5 heteroatoms. The Kier molecular flexibility index (Phi) is 6.00. The maximum Gasteiger partial charge on any atom is 0.160 e. The predicted octanol–water partition coefficient (Wildman–Crippen LogP) is 3.58. The molecule has 116 valence electrons. The van der Waals surface area contributed by atoms with Gasteiger partial charge in [-0.2, -0.15) is 0 Å². The molecule has 0 unspecified atom stereocenters. The van der Waals surface area contributed by atoms with Crippen LogP contribution in [-0.2, 0) is 17.7 Å². The third kappa shape index (κ3) is 4.42. The summed E-state index contributed by atoms with van der Waals surface area (Å²) >= 11 is 5.89. The van der Waals surface area contributed by atoms with Crippen LogP contribution in [0.5, 0.6) is 0 Å². The lowest BCUT2D eigenvalue weighted by atomic mass is 10.2. The molecule has 0 aliphatic rings. The number of hydrogen-bond acceptors (Lipinski definition) is 3. The highest BCUT2D eigenvalue weighted by atomic mass is 35.5. The van der Waals surface area contributed by atoms with Gasteiger partial charge in [-0.25, -0.2) is 9.97 Å². The number of hydrogen-bond donors (Lipinski definition) is 0. The van der Waals surface area contributed by atoms with Crippen molar-refractivity contribution in [2.24, 2.45) is 5.92 Å². The van der Waals surface area contributed by atoms with Gasteiger partial charge >= 0.3 is 0 Å². The second-order valence-electron chi connectivity index (χ2n) is 5.80. The summed E-state index contributed by atoms with van der Waals surface area (Å²) in [5, 5.41) is 0. The van der Waals surface area contributed by atoms with Crippen LogP contribution in [0, 0.1) is 12.8 Å². The molecule has 0 bridgehead atoms. The molecule has 0 spiro atoms. The first-order valence-electron chi connectivity index (χ1n) is 7.57. The average molecular weight is 310 g/mol. The minimum absolute atomic E-state index is 0.576. The third-order valence-corrected chi connectivity index (χ3v) is 3.43. The van der Waals surface area contributed by atoms with Crippen LogP contribution in [0.2, 0.25) is 0 Å². The highest BCUT2D eigenvalue weighted by Crippen LogP contribution is 2.16. The Labute approximate surface area is 131 Å². The number of aryl methyl sites for hydroxylation is 3. The Bertz CT molecular complexity index is 580. The molecule has 0 saturated heterocycles. The number of aromatic nitrogens is 3. The molecule has 0 radical (unpaired) electrons. The quantitative estimate of drug-likeness (QED) is 0.552. The summed E-state index contributed by atoms with van der Waals surface area (Å²) < 4.78 is 7.82. The fourth-order valence-corrected chi connectivity index (χ4v) is 2.48. The molecule has 0 aromatic carbocycles. The van der Waals surface area contributed by atoms with Gasteiger partial charge in [0.15, 0.2) is 5.65 Å². The Morgan fingerprint density at radius 3 is 2.90 bits per heavy atom. The number of ether oxygens (including phenoxy) is 1. The summed E-state index contributed by atoms with van der Waals surface area (Å²) in [5.41, 5.74) is 3.03. The fraction of sp³-hybridized carbons (Fsp3) is 0.625. The van der Waals surface area contributed by atoms with Crippen LogP contribution in [0.15, 0.2) is 12.3 Å². The Balaban J connectivity index is 2.07. The van der Waals surface area contributed by atoms with E-state index in [0.29, 0.717) is 11.8 Å². The second-order valence-corrected chi connectivity index (χ2v) is 6.17. The molecule has 21 heavy (non-hydrogen) atoms. The zero-order valence-electron chi connectivity index (χ0n) is 13.1. The maximum absolute atomic E-state index is 5.89. The Hall–Kier alpha value is -1.13. The first kappa shape index (κ1) is 16.2. The van der Waals surface area contributed by atoms with Crippen molar-refractivity contribution in [3.63, 3.8) is 0 Å². The lowest BCUT2D eigenvalue weighted by Crippen LogP contribution is -2.09. The highest BCUT2D eigenvalue weighted by molar-refractivity contribution is 6.17. The highest BCUT2D eigenvalue weighted by Gasteiger charge is 2.11. The van der Waals surface area contributed by atoms with Crippen molar-refractivity contribution in [2.45, 2.75) is 40.2 Å². The number of nitrogens with zero attached hydrogens (tertiary/aromatic N) is 3. The monoisotopic (exact) mass is 309 g/mol. The number of fused-ring (bicyclic) bond motifs is 1. The number of pyridine rings is 1. The molecule has 2 heterocycles. The molecular weight excluding hydrogens is 286 g/mol. The number of alkyl halides is 1. The van der Waals surface area contributed by atoms with Gasteiger partial charge < -0.3 is 9.30 Å². The van der Waals surface area contributed by atoms with Crippen molar-refractivity contribution in [2.75, 3.05) is 19.1 Å². The first-order chi connectivity index (χ1) is 10.1. The van der Waals surface area contributed by atoms with Gasteiger partial charge in [0.25, 0.3) is 0 Å². The lowest BCUT2D eigenvalue weighted by Gasteiger charge is -2.09. The van der Waals surface area contributed by atoms with Crippen LogP contribution >= 0.6 is 11.6 Å². The number of rotatable bonds is 8. The van der Waals surface area contributed by atoms with E-state index in [0.717, 1.165) is 55.2 Å². The summed E-state index contributed by atoms with van der Waals surface area (Å²) in [5.74, 6) is 2.17. The number of halogens is 1. The average Bonchev–Trinajstić information content (AvgIpc) is 2.75. The summed E-state index contributed by atoms with van der Waals surface area (Å²) in [6.07, 6.45) is 3.62. The molecule has 0 atom stereocenters. The smallest absolute Gasteiger partial charge is 0.160 e. The van der Waals surface area contributed by atoms with Crippen LogP contribution in [0.4, 0.5) is 0 Å². The summed E-state index contributed by atoms with van der Waals surface area (Å²) in [4.78, 5) is 9.19. The van der Waals surface area contributed by atoms with Gasteiger partial charge in [0, 0.05) is 38.3 Å². The normalized spacial score (nSPS) is 11.7. The van der Waals surface area contributed by atoms with Crippen LogP contribution in [-0.4, -0.2) is 33.6 Å². The van der Waals surface area contributed by atoms with E-state index in [1.165, 1.54) is 0 Å².